The lowest BCUT2D eigenvalue weighted by atomic mass is 9.94. The number of nitrogens with zero attached hydrogens (tertiary/aromatic N) is 1. The molecule has 0 aromatic heterocycles. The summed E-state index contributed by atoms with van der Waals surface area (Å²) in [5, 5.41) is 3.71. The van der Waals surface area contributed by atoms with Crippen LogP contribution in [0.3, 0.4) is 0 Å². The number of amides is 1. The van der Waals surface area contributed by atoms with Gasteiger partial charge >= 0.3 is 0 Å². The molecule has 1 amide bonds. The monoisotopic (exact) mass is 294 g/mol. The van der Waals surface area contributed by atoms with Gasteiger partial charge in [0, 0.05) is 23.5 Å². The highest BCUT2D eigenvalue weighted by atomic mass is 35.5. The molecule has 1 atom stereocenters. The van der Waals surface area contributed by atoms with Gasteiger partial charge in [-0.1, -0.05) is 23.7 Å². The number of rotatable bonds is 4. The molecule has 0 aliphatic carbocycles. The second kappa shape index (κ2) is 7.09. The molecule has 4 heteroatoms. The molecular formula is C16H23ClN2O. The van der Waals surface area contributed by atoms with Crippen molar-refractivity contribution in [3.05, 3.63) is 34.9 Å². The third kappa shape index (κ3) is 3.74. The van der Waals surface area contributed by atoms with Gasteiger partial charge in [0.1, 0.15) is 0 Å². The van der Waals surface area contributed by atoms with Crippen molar-refractivity contribution < 1.29 is 4.79 Å². The second-order valence-corrected chi connectivity index (χ2v) is 5.87. The van der Waals surface area contributed by atoms with Crippen LogP contribution in [-0.2, 0) is 4.79 Å². The van der Waals surface area contributed by atoms with Crippen LogP contribution in [-0.4, -0.2) is 30.4 Å². The first-order valence-electron chi connectivity index (χ1n) is 7.39. The minimum Gasteiger partial charge on any atom is -0.356 e. The lowest BCUT2D eigenvalue weighted by Crippen LogP contribution is -2.41. The zero-order valence-corrected chi connectivity index (χ0v) is 13.0. The molecule has 0 saturated carbocycles. The highest BCUT2D eigenvalue weighted by Crippen LogP contribution is 2.27. The summed E-state index contributed by atoms with van der Waals surface area (Å²) in [6, 6.07) is 8.40. The number of hydrogen-bond donors (Lipinski definition) is 1. The first kappa shape index (κ1) is 15.3. The Balaban J connectivity index is 1.92. The Morgan fingerprint density at radius 1 is 1.45 bits per heavy atom. The van der Waals surface area contributed by atoms with Gasteiger partial charge < -0.3 is 5.32 Å². The van der Waals surface area contributed by atoms with Crippen molar-refractivity contribution in [1.29, 1.82) is 0 Å². The molecule has 0 radical (unpaired) electrons. The molecule has 1 saturated heterocycles. The Morgan fingerprint density at radius 2 is 2.15 bits per heavy atom. The van der Waals surface area contributed by atoms with Crippen LogP contribution >= 0.6 is 11.6 Å². The van der Waals surface area contributed by atoms with Crippen LogP contribution in [0.4, 0.5) is 0 Å². The molecule has 1 unspecified atom stereocenters. The third-order valence-electron chi connectivity index (χ3n) is 4.13. The minimum atomic E-state index is 0.178. The van der Waals surface area contributed by atoms with Gasteiger partial charge in [-0.2, -0.15) is 0 Å². The number of benzene rings is 1. The molecular weight excluding hydrogens is 272 g/mol. The normalized spacial score (nSPS) is 18.8. The summed E-state index contributed by atoms with van der Waals surface area (Å²) >= 11 is 6.06. The van der Waals surface area contributed by atoms with Gasteiger partial charge in [0.25, 0.3) is 0 Å². The highest BCUT2D eigenvalue weighted by Gasteiger charge is 2.27. The number of piperidine rings is 1. The maximum absolute atomic E-state index is 11.8. The van der Waals surface area contributed by atoms with Gasteiger partial charge in [-0.05, 0) is 57.5 Å². The smallest absolute Gasteiger partial charge is 0.223 e. The highest BCUT2D eigenvalue weighted by molar-refractivity contribution is 6.30. The summed E-state index contributed by atoms with van der Waals surface area (Å²) in [6.07, 6.45) is 1.88. The summed E-state index contributed by atoms with van der Waals surface area (Å²) in [4.78, 5) is 14.3. The van der Waals surface area contributed by atoms with Crippen molar-refractivity contribution in [3.8, 4) is 0 Å². The summed E-state index contributed by atoms with van der Waals surface area (Å²) in [7, 11) is 0. The van der Waals surface area contributed by atoms with Crippen molar-refractivity contribution in [1.82, 2.24) is 10.2 Å². The molecule has 1 heterocycles. The topological polar surface area (TPSA) is 32.3 Å². The van der Waals surface area contributed by atoms with E-state index in [0.717, 1.165) is 37.5 Å². The van der Waals surface area contributed by atoms with Gasteiger partial charge in [-0.3, -0.25) is 9.69 Å². The van der Waals surface area contributed by atoms with E-state index in [0.29, 0.717) is 6.04 Å². The standard InChI is InChI=1S/C16H23ClN2O/c1-3-18-16(20)13-7-9-19(10-8-13)12(2)14-5-4-6-15(17)11-14/h4-6,11-13H,3,7-10H2,1-2H3,(H,18,20). The lowest BCUT2D eigenvalue weighted by molar-refractivity contribution is -0.126. The molecule has 0 spiro atoms. The van der Waals surface area contributed by atoms with Crippen LogP contribution in [0, 0.1) is 5.92 Å². The summed E-state index contributed by atoms with van der Waals surface area (Å²) in [5.41, 5.74) is 1.24. The van der Waals surface area contributed by atoms with Crippen molar-refractivity contribution in [3.63, 3.8) is 0 Å². The first-order valence-corrected chi connectivity index (χ1v) is 7.76. The Bertz CT molecular complexity index is 456. The van der Waals surface area contributed by atoms with Gasteiger partial charge in [0.2, 0.25) is 5.91 Å². The zero-order chi connectivity index (χ0) is 14.5. The van der Waals surface area contributed by atoms with Crippen LogP contribution in [0.5, 0.6) is 0 Å². The number of carbonyl (C=O) groups excluding carboxylic acids is 1. The fourth-order valence-electron chi connectivity index (χ4n) is 2.84. The maximum atomic E-state index is 11.8. The molecule has 110 valence electrons. The largest absolute Gasteiger partial charge is 0.356 e. The number of hydrogen-bond acceptors (Lipinski definition) is 2. The van der Waals surface area contributed by atoms with Crippen molar-refractivity contribution in [2.24, 2.45) is 5.92 Å². The predicted octanol–water partition coefficient (Wildman–Crippen LogP) is 3.25. The van der Waals surface area contributed by atoms with E-state index >= 15 is 0 Å². The summed E-state index contributed by atoms with van der Waals surface area (Å²) < 4.78 is 0. The van der Waals surface area contributed by atoms with Crippen LogP contribution in [0.15, 0.2) is 24.3 Å². The van der Waals surface area contributed by atoms with E-state index in [9.17, 15) is 4.79 Å². The van der Waals surface area contributed by atoms with Gasteiger partial charge in [0.15, 0.2) is 0 Å². The predicted molar refractivity (Wildman–Crippen MR) is 82.8 cm³/mol. The van der Waals surface area contributed by atoms with Crippen molar-refractivity contribution in [2.75, 3.05) is 19.6 Å². The van der Waals surface area contributed by atoms with E-state index in [1.807, 2.05) is 25.1 Å². The molecule has 3 nitrogen and oxygen atoms in total. The molecule has 2 rings (SSSR count). The number of halogens is 1. The fourth-order valence-corrected chi connectivity index (χ4v) is 3.04. The molecule has 1 N–H and O–H groups in total. The SMILES string of the molecule is CCNC(=O)C1CCN(C(C)c2cccc(Cl)c2)CC1. The van der Waals surface area contributed by atoms with E-state index in [2.05, 4.69) is 23.2 Å². The van der Waals surface area contributed by atoms with Crippen LogP contribution in [0.25, 0.3) is 0 Å². The van der Waals surface area contributed by atoms with Crippen LogP contribution in [0.2, 0.25) is 5.02 Å². The number of nitrogens with one attached hydrogen (secondary N) is 1. The van der Waals surface area contributed by atoms with Crippen LogP contribution < -0.4 is 5.32 Å². The Hall–Kier alpha value is -1.06. The molecule has 20 heavy (non-hydrogen) atoms. The average Bonchev–Trinajstić information content (AvgIpc) is 2.47. The van der Waals surface area contributed by atoms with E-state index in [1.165, 1.54) is 5.56 Å². The maximum Gasteiger partial charge on any atom is 0.223 e. The first-order chi connectivity index (χ1) is 9.61. The summed E-state index contributed by atoms with van der Waals surface area (Å²) in [5.74, 6) is 0.389. The minimum absolute atomic E-state index is 0.178. The zero-order valence-electron chi connectivity index (χ0n) is 12.2. The van der Waals surface area contributed by atoms with Gasteiger partial charge in [0.05, 0.1) is 0 Å². The molecule has 0 bridgehead atoms. The quantitative estimate of drug-likeness (QED) is 0.924. The van der Waals surface area contributed by atoms with Crippen molar-refractivity contribution in [2.45, 2.75) is 32.7 Å². The summed E-state index contributed by atoms with van der Waals surface area (Å²) in [6.45, 7) is 6.83. The Labute approximate surface area is 126 Å². The third-order valence-corrected chi connectivity index (χ3v) is 4.37. The molecule has 1 fully saturated rings. The molecule has 1 aliphatic heterocycles. The Morgan fingerprint density at radius 3 is 2.75 bits per heavy atom. The van der Waals surface area contributed by atoms with E-state index in [4.69, 9.17) is 11.6 Å². The molecule has 1 aliphatic rings. The van der Waals surface area contributed by atoms with E-state index < -0.39 is 0 Å². The average molecular weight is 295 g/mol. The Kier molecular flexibility index (Phi) is 5.44. The van der Waals surface area contributed by atoms with Crippen LogP contribution in [0.1, 0.15) is 38.3 Å². The van der Waals surface area contributed by atoms with E-state index in [-0.39, 0.29) is 11.8 Å². The van der Waals surface area contributed by atoms with Gasteiger partial charge in [-0.15, -0.1) is 0 Å². The lowest BCUT2D eigenvalue weighted by Gasteiger charge is -2.35. The van der Waals surface area contributed by atoms with E-state index in [1.54, 1.807) is 0 Å². The van der Waals surface area contributed by atoms with Gasteiger partial charge in [-0.25, -0.2) is 0 Å². The second-order valence-electron chi connectivity index (χ2n) is 5.44. The molecule has 1 aromatic rings. The number of likely N-dealkylation sites (tertiary alicyclic amines) is 1. The fraction of sp³-hybridized carbons (Fsp3) is 0.562. The van der Waals surface area contributed by atoms with Crippen molar-refractivity contribution >= 4 is 17.5 Å². The molecule has 1 aromatic carbocycles. The number of carbonyl (C=O) groups is 1.